The summed E-state index contributed by atoms with van der Waals surface area (Å²) in [7, 11) is 1.62. The molecule has 7 heteroatoms. The Hall–Kier alpha value is -3.19. The van der Waals surface area contributed by atoms with Crippen LogP contribution in [0.4, 0.5) is 10.8 Å². The van der Waals surface area contributed by atoms with Crippen molar-refractivity contribution in [3.05, 3.63) is 69.7 Å². The highest BCUT2D eigenvalue weighted by atomic mass is 32.1. The Balaban J connectivity index is 1.45. The minimum atomic E-state index is -0.316. The molecule has 2 aromatic carbocycles. The average Bonchev–Trinajstić information content (AvgIpc) is 3.28. The van der Waals surface area contributed by atoms with Crippen molar-refractivity contribution in [1.29, 1.82) is 0 Å². The van der Waals surface area contributed by atoms with Gasteiger partial charge in [-0.1, -0.05) is 17.7 Å². The third kappa shape index (κ3) is 4.07. The van der Waals surface area contributed by atoms with E-state index in [1.54, 1.807) is 19.2 Å². The van der Waals surface area contributed by atoms with Crippen LogP contribution in [0.25, 0.3) is 0 Å². The van der Waals surface area contributed by atoms with E-state index < -0.39 is 0 Å². The summed E-state index contributed by atoms with van der Waals surface area (Å²) in [6.07, 6.45) is 1.51. The van der Waals surface area contributed by atoms with Gasteiger partial charge in [0.1, 0.15) is 5.75 Å². The first-order chi connectivity index (χ1) is 14.4. The lowest BCUT2D eigenvalue weighted by molar-refractivity contribution is -0.117. The van der Waals surface area contributed by atoms with Crippen LogP contribution in [-0.2, 0) is 11.2 Å². The van der Waals surface area contributed by atoms with Crippen LogP contribution in [0.2, 0.25) is 0 Å². The van der Waals surface area contributed by atoms with Crippen LogP contribution >= 0.6 is 11.3 Å². The normalized spacial score (nSPS) is 14.8. The third-order valence-electron chi connectivity index (χ3n) is 5.23. The Bertz CT molecular complexity index is 1110. The van der Waals surface area contributed by atoms with Crippen LogP contribution in [-0.4, -0.2) is 23.9 Å². The Kier molecular flexibility index (Phi) is 5.55. The number of aryl methyl sites for hydroxylation is 3. The van der Waals surface area contributed by atoms with Crippen molar-refractivity contribution in [2.24, 2.45) is 0 Å². The largest absolute Gasteiger partial charge is 0.496 e. The number of thiazole rings is 1. The number of fused-ring (bicyclic) bond motifs is 1. The van der Waals surface area contributed by atoms with Gasteiger partial charge in [0, 0.05) is 16.1 Å². The molecule has 0 saturated heterocycles. The van der Waals surface area contributed by atoms with Crippen molar-refractivity contribution >= 4 is 34.0 Å². The number of amides is 2. The second-order valence-corrected chi connectivity index (χ2v) is 8.50. The van der Waals surface area contributed by atoms with Gasteiger partial charge in [0.05, 0.1) is 18.7 Å². The van der Waals surface area contributed by atoms with Gasteiger partial charge in [0.15, 0.2) is 5.13 Å². The first-order valence-electron chi connectivity index (χ1n) is 9.77. The molecule has 2 amide bonds. The average molecular weight is 422 g/mol. The predicted octanol–water partition coefficient (Wildman–Crippen LogP) is 4.69. The Morgan fingerprint density at radius 1 is 1.10 bits per heavy atom. The van der Waals surface area contributed by atoms with Gasteiger partial charge < -0.3 is 10.1 Å². The number of ether oxygens (including phenoxy) is 1. The van der Waals surface area contributed by atoms with E-state index in [9.17, 15) is 9.59 Å². The monoisotopic (exact) mass is 421 g/mol. The van der Waals surface area contributed by atoms with Crippen LogP contribution < -0.4 is 15.4 Å². The summed E-state index contributed by atoms with van der Waals surface area (Å²) in [6.45, 7) is 3.91. The van der Waals surface area contributed by atoms with E-state index in [-0.39, 0.29) is 17.7 Å². The van der Waals surface area contributed by atoms with Gasteiger partial charge in [-0.25, -0.2) is 4.98 Å². The molecular weight excluding hydrogens is 398 g/mol. The molecule has 1 atom stereocenters. The maximum atomic E-state index is 12.9. The van der Waals surface area contributed by atoms with Crippen LogP contribution in [0.3, 0.4) is 0 Å². The van der Waals surface area contributed by atoms with E-state index in [2.05, 4.69) is 15.6 Å². The highest BCUT2D eigenvalue weighted by Crippen LogP contribution is 2.39. The third-order valence-corrected chi connectivity index (χ3v) is 6.28. The minimum absolute atomic E-state index is 0.0833. The van der Waals surface area contributed by atoms with Crippen molar-refractivity contribution in [3.63, 3.8) is 0 Å². The van der Waals surface area contributed by atoms with Gasteiger partial charge in [-0.15, -0.1) is 11.3 Å². The number of carbonyl (C=O) groups is 2. The van der Waals surface area contributed by atoms with Crippen molar-refractivity contribution in [2.45, 2.75) is 32.6 Å². The number of carbonyl (C=O) groups excluding carboxylic acids is 2. The first kappa shape index (κ1) is 20.1. The number of aromatic nitrogens is 1. The summed E-state index contributed by atoms with van der Waals surface area (Å²) >= 11 is 1.44. The maximum absolute atomic E-state index is 12.9. The zero-order valence-electron chi connectivity index (χ0n) is 17.1. The molecule has 0 fully saturated rings. The Morgan fingerprint density at radius 2 is 1.87 bits per heavy atom. The van der Waals surface area contributed by atoms with E-state index in [1.165, 1.54) is 11.3 Å². The molecule has 6 nitrogen and oxygen atoms in total. The molecule has 1 unspecified atom stereocenters. The van der Waals surface area contributed by atoms with Gasteiger partial charge >= 0.3 is 0 Å². The predicted molar refractivity (Wildman–Crippen MR) is 119 cm³/mol. The number of methoxy groups -OCH3 is 1. The summed E-state index contributed by atoms with van der Waals surface area (Å²) in [5.41, 5.74) is 4.13. The van der Waals surface area contributed by atoms with Crippen molar-refractivity contribution in [1.82, 2.24) is 4.98 Å². The highest BCUT2D eigenvalue weighted by Gasteiger charge is 2.33. The molecule has 0 saturated carbocycles. The summed E-state index contributed by atoms with van der Waals surface area (Å²) in [6, 6.07) is 12.9. The zero-order valence-corrected chi connectivity index (χ0v) is 17.9. The SMILES string of the molecule is COc1ccc(NC(=O)C2CCc3sc(NC(=O)c4ccc(C)cc4)nc32)cc1C. The fraction of sp³-hybridized carbons (Fsp3) is 0.261. The van der Waals surface area contributed by atoms with E-state index in [4.69, 9.17) is 4.74 Å². The number of nitrogens with zero attached hydrogens (tertiary/aromatic N) is 1. The lowest BCUT2D eigenvalue weighted by atomic mass is 10.1. The lowest BCUT2D eigenvalue weighted by Gasteiger charge is -2.12. The fourth-order valence-corrected chi connectivity index (χ4v) is 4.63. The van der Waals surface area contributed by atoms with Crippen molar-refractivity contribution in [3.8, 4) is 5.75 Å². The molecule has 154 valence electrons. The molecule has 0 spiro atoms. The Morgan fingerprint density at radius 3 is 2.57 bits per heavy atom. The van der Waals surface area contributed by atoms with Crippen LogP contribution in [0, 0.1) is 13.8 Å². The maximum Gasteiger partial charge on any atom is 0.257 e. The molecule has 30 heavy (non-hydrogen) atoms. The molecule has 0 bridgehead atoms. The van der Waals surface area contributed by atoms with Crippen molar-refractivity contribution < 1.29 is 14.3 Å². The molecular formula is C23H23N3O3S. The summed E-state index contributed by atoms with van der Waals surface area (Å²) in [5.74, 6) is 0.186. The summed E-state index contributed by atoms with van der Waals surface area (Å²) < 4.78 is 5.27. The van der Waals surface area contributed by atoms with E-state index in [0.29, 0.717) is 10.7 Å². The second-order valence-electron chi connectivity index (χ2n) is 7.41. The number of anilines is 2. The molecule has 2 N–H and O–H groups in total. The number of benzene rings is 2. The molecule has 1 heterocycles. The second kappa shape index (κ2) is 8.28. The molecule has 4 rings (SSSR count). The van der Waals surface area contributed by atoms with Crippen molar-refractivity contribution in [2.75, 3.05) is 17.7 Å². The smallest absolute Gasteiger partial charge is 0.257 e. The molecule has 1 aliphatic rings. The highest BCUT2D eigenvalue weighted by molar-refractivity contribution is 7.16. The molecule has 0 radical (unpaired) electrons. The first-order valence-corrected chi connectivity index (χ1v) is 10.6. The van der Waals surface area contributed by atoms with Gasteiger partial charge in [-0.2, -0.15) is 0 Å². The van der Waals surface area contributed by atoms with E-state index in [0.717, 1.165) is 46.0 Å². The number of hydrogen-bond acceptors (Lipinski definition) is 5. The molecule has 1 aromatic heterocycles. The van der Waals surface area contributed by atoms with Gasteiger partial charge in [-0.3, -0.25) is 14.9 Å². The van der Waals surface area contributed by atoms with Gasteiger partial charge in [0.2, 0.25) is 5.91 Å². The van der Waals surface area contributed by atoms with Crippen LogP contribution in [0.1, 0.15) is 44.4 Å². The number of rotatable bonds is 5. The molecule has 0 aliphatic heterocycles. The van der Waals surface area contributed by atoms with Gasteiger partial charge in [-0.05, 0) is 62.6 Å². The fourth-order valence-electron chi connectivity index (χ4n) is 3.60. The van der Waals surface area contributed by atoms with Crippen LogP contribution in [0.15, 0.2) is 42.5 Å². The number of hydrogen-bond donors (Lipinski definition) is 2. The van der Waals surface area contributed by atoms with E-state index in [1.807, 2.05) is 44.2 Å². The zero-order chi connectivity index (χ0) is 21.3. The van der Waals surface area contributed by atoms with Gasteiger partial charge in [0.25, 0.3) is 5.91 Å². The quantitative estimate of drug-likeness (QED) is 0.626. The standard InChI is InChI=1S/C23H23N3O3S/c1-13-4-6-15(7-5-13)21(27)26-23-25-20-17(9-11-19(20)30-23)22(28)24-16-8-10-18(29-3)14(2)12-16/h4-8,10,12,17H,9,11H2,1-3H3,(H,24,28)(H,25,26,27). The minimum Gasteiger partial charge on any atom is -0.496 e. The topological polar surface area (TPSA) is 80.3 Å². The number of nitrogens with one attached hydrogen (secondary N) is 2. The lowest BCUT2D eigenvalue weighted by Crippen LogP contribution is -2.20. The molecule has 3 aromatic rings. The summed E-state index contributed by atoms with van der Waals surface area (Å²) in [5, 5.41) is 6.37. The summed E-state index contributed by atoms with van der Waals surface area (Å²) in [4.78, 5) is 30.9. The van der Waals surface area contributed by atoms with Crippen LogP contribution in [0.5, 0.6) is 5.75 Å². The molecule has 1 aliphatic carbocycles. The van der Waals surface area contributed by atoms with E-state index >= 15 is 0 Å². The Labute approximate surface area is 179 Å².